The van der Waals surface area contributed by atoms with E-state index < -0.39 is 17.8 Å². The Morgan fingerprint density at radius 1 is 1.18 bits per heavy atom. The lowest BCUT2D eigenvalue weighted by Crippen LogP contribution is -2.52. The van der Waals surface area contributed by atoms with Crippen molar-refractivity contribution in [3.63, 3.8) is 0 Å². The van der Waals surface area contributed by atoms with Gasteiger partial charge in [-0.05, 0) is 55.9 Å². The normalized spacial score (nSPS) is 35.8. The number of allylic oxidation sites excluding steroid dienone is 4. The van der Waals surface area contributed by atoms with E-state index in [1.807, 2.05) is 18.2 Å². The number of ether oxygens (including phenoxy) is 2. The molecule has 8 heteroatoms. The minimum atomic E-state index is -0.732. The van der Waals surface area contributed by atoms with E-state index in [9.17, 15) is 14.7 Å². The highest BCUT2D eigenvalue weighted by molar-refractivity contribution is 5.87. The van der Waals surface area contributed by atoms with Gasteiger partial charge in [0.25, 0.3) is 0 Å². The van der Waals surface area contributed by atoms with Crippen molar-refractivity contribution in [3.05, 3.63) is 36.0 Å². The number of nitrogens with one attached hydrogen (secondary N) is 2. The predicted octanol–water partition coefficient (Wildman–Crippen LogP) is 3.01. The van der Waals surface area contributed by atoms with Crippen LogP contribution in [0, 0.1) is 23.7 Å². The molecule has 1 spiro atoms. The van der Waals surface area contributed by atoms with Crippen LogP contribution in [0.25, 0.3) is 0 Å². The minimum absolute atomic E-state index is 0.00718. The Morgan fingerprint density at radius 3 is 2.58 bits per heavy atom. The van der Waals surface area contributed by atoms with Crippen LogP contribution < -0.4 is 16.4 Å². The van der Waals surface area contributed by atoms with E-state index in [2.05, 4.69) is 51.3 Å². The third kappa shape index (κ3) is 8.76. The maximum absolute atomic E-state index is 12.3. The topological polar surface area (TPSA) is 126 Å². The second-order valence-corrected chi connectivity index (χ2v) is 12.0. The molecule has 2 amide bonds. The van der Waals surface area contributed by atoms with Crippen LogP contribution in [0.15, 0.2) is 36.0 Å². The molecule has 0 radical (unpaired) electrons. The first kappa shape index (κ1) is 30.5. The number of amides is 2. The van der Waals surface area contributed by atoms with Gasteiger partial charge in [0.1, 0.15) is 17.8 Å². The van der Waals surface area contributed by atoms with Crippen molar-refractivity contribution in [2.24, 2.45) is 29.4 Å². The number of carbonyl (C=O) groups excluding carboxylic acids is 2. The van der Waals surface area contributed by atoms with Gasteiger partial charge in [-0.1, -0.05) is 57.6 Å². The van der Waals surface area contributed by atoms with Gasteiger partial charge in [0.05, 0.1) is 12.7 Å². The van der Waals surface area contributed by atoms with Crippen molar-refractivity contribution >= 4 is 11.8 Å². The van der Waals surface area contributed by atoms with E-state index >= 15 is 0 Å². The number of nitrogens with two attached hydrogens (primary N) is 1. The first-order valence-electron chi connectivity index (χ1n) is 14.3. The molecule has 3 fully saturated rings. The molecule has 8 atom stereocenters. The highest BCUT2D eigenvalue weighted by Gasteiger charge is 2.58. The zero-order chi connectivity index (χ0) is 27.9. The van der Waals surface area contributed by atoms with Gasteiger partial charge in [-0.25, -0.2) is 0 Å². The number of hydrogen-bond donors (Lipinski definition) is 4. The molecule has 1 saturated carbocycles. The number of hydrogen-bond acceptors (Lipinski definition) is 6. The average Bonchev–Trinajstić information content (AvgIpc) is 3.64. The van der Waals surface area contributed by atoms with Gasteiger partial charge in [-0.2, -0.15) is 0 Å². The van der Waals surface area contributed by atoms with Gasteiger partial charge >= 0.3 is 0 Å². The lowest BCUT2D eigenvalue weighted by Gasteiger charge is -2.39. The Labute approximate surface area is 228 Å². The Hall–Kier alpha value is -2.00. The number of aliphatic hydroxyl groups is 1. The molecule has 2 saturated heterocycles. The maximum atomic E-state index is 12.3. The molecular weight excluding hydrogens is 482 g/mol. The summed E-state index contributed by atoms with van der Waals surface area (Å²) in [6.07, 6.45) is 12.2. The summed E-state index contributed by atoms with van der Waals surface area (Å²) in [4.78, 5) is 24.1. The maximum Gasteiger partial charge on any atom is 0.243 e. The van der Waals surface area contributed by atoms with Gasteiger partial charge < -0.3 is 30.9 Å². The number of carbonyl (C=O) groups is 2. The summed E-state index contributed by atoms with van der Waals surface area (Å²) in [5.74, 6) is 1.79. The Bertz CT molecular complexity index is 894. The quantitative estimate of drug-likeness (QED) is 0.184. The molecular formula is C30H49N3O5. The fourth-order valence-corrected chi connectivity index (χ4v) is 5.64. The molecule has 3 rings (SSSR count). The Balaban J connectivity index is 1.51. The van der Waals surface area contributed by atoms with Crippen molar-refractivity contribution in [1.29, 1.82) is 0 Å². The molecule has 0 aromatic carbocycles. The monoisotopic (exact) mass is 531 g/mol. The number of epoxide rings is 1. The smallest absolute Gasteiger partial charge is 0.243 e. The van der Waals surface area contributed by atoms with E-state index in [0.29, 0.717) is 49.8 Å². The van der Waals surface area contributed by atoms with Crippen LogP contribution in [0.2, 0.25) is 0 Å². The van der Waals surface area contributed by atoms with E-state index in [0.717, 1.165) is 24.8 Å². The predicted molar refractivity (Wildman–Crippen MR) is 149 cm³/mol. The average molecular weight is 532 g/mol. The Morgan fingerprint density at radius 2 is 1.92 bits per heavy atom. The first-order chi connectivity index (χ1) is 18.0. The first-order valence-corrected chi connectivity index (χ1v) is 14.3. The molecule has 0 unspecified atom stereocenters. The number of aliphatic hydroxyl groups excluding tert-OH is 1. The molecule has 0 aromatic rings. The van der Waals surface area contributed by atoms with Gasteiger partial charge in [-0.15, -0.1) is 0 Å². The molecule has 0 bridgehead atoms. The molecule has 2 heterocycles. The van der Waals surface area contributed by atoms with Crippen molar-refractivity contribution in [3.8, 4) is 0 Å². The van der Waals surface area contributed by atoms with E-state index in [-0.39, 0.29) is 30.4 Å². The van der Waals surface area contributed by atoms with Crippen LogP contribution in [0.3, 0.4) is 0 Å². The van der Waals surface area contributed by atoms with Crippen LogP contribution in [0.1, 0.15) is 66.7 Å². The second-order valence-electron chi connectivity index (χ2n) is 12.0. The van der Waals surface area contributed by atoms with Gasteiger partial charge in [-0.3, -0.25) is 9.59 Å². The third-order valence-corrected chi connectivity index (χ3v) is 8.23. The second kappa shape index (κ2) is 13.9. The van der Waals surface area contributed by atoms with Crippen LogP contribution in [-0.2, 0) is 19.1 Å². The standard InChI is InChI=1S/C30H49N3O5/c1-19(2)6-11-28(35)33-25-15-21(4)23(14-22(25)5)9-7-20(3)8-10-26-29(36)30(18-37-30)16-24(38-26)17-32-27(34)12-13-31/h6-8,10-11,19,21-26,29,36H,9,12-18,31H2,1-5H3,(H,32,34)(H,33,35)/b10-8+,11-6-,20-7+/t21-,22-,23+,24-,25+,26+,29+,30+/m0/s1. The summed E-state index contributed by atoms with van der Waals surface area (Å²) < 4.78 is 11.8. The van der Waals surface area contributed by atoms with Gasteiger partial charge in [0.15, 0.2) is 0 Å². The summed E-state index contributed by atoms with van der Waals surface area (Å²) >= 11 is 0. The largest absolute Gasteiger partial charge is 0.387 e. The van der Waals surface area contributed by atoms with Crippen molar-refractivity contribution in [2.75, 3.05) is 19.7 Å². The molecule has 1 aliphatic carbocycles. The van der Waals surface area contributed by atoms with E-state index in [1.165, 1.54) is 0 Å². The minimum Gasteiger partial charge on any atom is -0.387 e. The number of rotatable bonds is 11. The highest BCUT2D eigenvalue weighted by Crippen LogP contribution is 2.42. The molecule has 2 aliphatic heterocycles. The fourth-order valence-electron chi connectivity index (χ4n) is 5.64. The molecule has 3 aliphatic rings. The summed E-state index contributed by atoms with van der Waals surface area (Å²) in [6.45, 7) is 11.9. The molecule has 214 valence electrons. The summed E-state index contributed by atoms with van der Waals surface area (Å²) in [5, 5.41) is 16.9. The van der Waals surface area contributed by atoms with Crippen LogP contribution in [0.4, 0.5) is 0 Å². The lowest BCUT2D eigenvalue weighted by atomic mass is 9.71. The molecule has 0 aromatic heterocycles. The van der Waals surface area contributed by atoms with Crippen molar-refractivity contribution in [2.45, 2.75) is 96.7 Å². The van der Waals surface area contributed by atoms with Gasteiger partial charge in [0, 0.05) is 32.0 Å². The lowest BCUT2D eigenvalue weighted by molar-refractivity contribution is -0.136. The third-order valence-electron chi connectivity index (χ3n) is 8.23. The van der Waals surface area contributed by atoms with Gasteiger partial charge in [0.2, 0.25) is 11.8 Å². The van der Waals surface area contributed by atoms with E-state index in [4.69, 9.17) is 15.2 Å². The SMILES string of the molecule is CC(/C=C/[C@H]1O[C@H](CNC(=O)CCN)C[C@@]2(CO2)[C@@H]1O)=C\C[C@@H]1C[C@H](C)[C@H](NC(=O)/C=C\C(C)C)C[C@@H]1C. The zero-order valence-corrected chi connectivity index (χ0v) is 23.8. The van der Waals surface area contributed by atoms with Crippen LogP contribution in [-0.4, -0.2) is 66.6 Å². The van der Waals surface area contributed by atoms with E-state index in [1.54, 1.807) is 6.08 Å². The van der Waals surface area contributed by atoms with Crippen molar-refractivity contribution < 1.29 is 24.2 Å². The summed E-state index contributed by atoms with van der Waals surface area (Å²) in [5.41, 5.74) is 6.00. The molecule has 5 N–H and O–H groups in total. The Kier molecular flexibility index (Phi) is 11.2. The van der Waals surface area contributed by atoms with Crippen molar-refractivity contribution in [1.82, 2.24) is 10.6 Å². The fraction of sp³-hybridized carbons (Fsp3) is 0.733. The summed E-state index contributed by atoms with van der Waals surface area (Å²) in [6, 6.07) is 0.213. The van der Waals surface area contributed by atoms with Crippen LogP contribution in [0.5, 0.6) is 0 Å². The van der Waals surface area contributed by atoms with Crippen LogP contribution >= 0.6 is 0 Å². The molecule has 38 heavy (non-hydrogen) atoms. The molecule has 8 nitrogen and oxygen atoms in total. The summed E-state index contributed by atoms with van der Waals surface area (Å²) in [7, 11) is 0. The zero-order valence-electron chi connectivity index (χ0n) is 23.8. The highest BCUT2D eigenvalue weighted by atomic mass is 16.6.